The highest BCUT2D eigenvalue weighted by Gasteiger charge is 2.32. The molecule has 0 spiro atoms. The number of hydrogen-bond donors (Lipinski definition) is 1. The summed E-state index contributed by atoms with van der Waals surface area (Å²) in [5.74, 6) is 0.762. The van der Waals surface area contributed by atoms with Crippen molar-refractivity contribution in [3.05, 3.63) is 87.2 Å². The molecule has 9 heteroatoms. The van der Waals surface area contributed by atoms with Gasteiger partial charge >= 0.3 is 5.97 Å². The van der Waals surface area contributed by atoms with E-state index in [0.29, 0.717) is 44.2 Å². The topological polar surface area (TPSA) is 113 Å². The summed E-state index contributed by atoms with van der Waals surface area (Å²) in [6.45, 7) is 0. The maximum Gasteiger partial charge on any atom is 0.344 e. The van der Waals surface area contributed by atoms with Crippen LogP contribution in [-0.4, -0.2) is 27.3 Å². The van der Waals surface area contributed by atoms with Gasteiger partial charge in [0.05, 0.1) is 32.8 Å². The molecule has 0 bridgehead atoms. The van der Waals surface area contributed by atoms with E-state index in [-0.39, 0.29) is 17.2 Å². The van der Waals surface area contributed by atoms with Gasteiger partial charge in [0.2, 0.25) is 11.6 Å². The number of nitrogens with zero attached hydrogens (tertiary/aromatic N) is 1. The molecule has 3 aromatic rings. The quantitative estimate of drug-likeness (QED) is 0.349. The lowest BCUT2D eigenvalue weighted by atomic mass is 9.83. The predicted octanol–water partition coefficient (Wildman–Crippen LogP) is 4.91. The Bertz CT molecular complexity index is 1350. The Morgan fingerprint density at radius 3 is 2.31 bits per heavy atom. The normalized spacial score (nSPS) is 14.3. The zero-order valence-electron chi connectivity index (χ0n) is 19.1. The average molecular weight is 537 g/mol. The van der Waals surface area contributed by atoms with Gasteiger partial charge in [-0.3, -0.25) is 0 Å². The molecular weight excluding hydrogens is 516 g/mol. The van der Waals surface area contributed by atoms with E-state index < -0.39 is 11.9 Å². The summed E-state index contributed by atoms with van der Waals surface area (Å²) in [4.78, 5) is 12.6. The van der Waals surface area contributed by atoms with Gasteiger partial charge in [0, 0.05) is 16.1 Å². The van der Waals surface area contributed by atoms with E-state index >= 15 is 0 Å². The molecule has 1 aliphatic heterocycles. The maximum atomic E-state index is 12.6. The minimum Gasteiger partial charge on any atom is -0.493 e. The second-order valence-electron chi connectivity index (χ2n) is 7.45. The van der Waals surface area contributed by atoms with Gasteiger partial charge in [0.25, 0.3) is 0 Å². The molecule has 1 aliphatic rings. The van der Waals surface area contributed by atoms with E-state index in [1.165, 1.54) is 21.3 Å². The van der Waals surface area contributed by atoms with E-state index in [1.54, 1.807) is 54.6 Å². The summed E-state index contributed by atoms with van der Waals surface area (Å²) in [6.07, 6.45) is 0. The zero-order chi connectivity index (χ0) is 25.1. The van der Waals surface area contributed by atoms with Crippen molar-refractivity contribution in [2.45, 2.75) is 5.92 Å². The van der Waals surface area contributed by atoms with Crippen molar-refractivity contribution in [2.75, 3.05) is 21.3 Å². The number of esters is 1. The fourth-order valence-electron chi connectivity index (χ4n) is 3.90. The van der Waals surface area contributed by atoms with Crippen molar-refractivity contribution in [1.82, 2.24) is 0 Å². The van der Waals surface area contributed by atoms with Gasteiger partial charge in [-0.25, -0.2) is 4.79 Å². The molecule has 2 N–H and O–H groups in total. The molecule has 35 heavy (non-hydrogen) atoms. The Labute approximate surface area is 210 Å². The first-order valence-electron chi connectivity index (χ1n) is 10.4. The van der Waals surface area contributed by atoms with Crippen LogP contribution < -0.4 is 29.4 Å². The Morgan fingerprint density at radius 2 is 1.71 bits per heavy atom. The van der Waals surface area contributed by atoms with Crippen LogP contribution in [0.1, 0.15) is 27.4 Å². The molecule has 0 radical (unpaired) electrons. The lowest BCUT2D eigenvalue weighted by Gasteiger charge is -2.27. The summed E-state index contributed by atoms with van der Waals surface area (Å²) < 4.78 is 28.3. The lowest BCUT2D eigenvalue weighted by molar-refractivity contribution is 0.0733. The number of nitriles is 1. The maximum absolute atomic E-state index is 12.6. The minimum atomic E-state index is -0.578. The monoisotopic (exact) mass is 536 g/mol. The first-order chi connectivity index (χ1) is 16.9. The number of halogens is 1. The zero-order valence-corrected chi connectivity index (χ0v) is 20.7. The van der Waals surface area contributed by atoms with E-state index in [2.05, 4.69) is 22.0 Å². The second-order valence-corrected chi connectivity index (χ2v) is 8.31. The van der Waals surface area contributed by atoms with Crippen LogP contribution in [0.25, 0.3) is 0 Å². The number of methoxy groups -OCH3 is 3. The number of rotatable bonds is 6. The van der Waals surface area contributed by atoms with Crippen molar-refractivity contribution in [3.8, 4) is 34.8 Å². The molecule has 0 aliphatic carbocycles. The van der Waals surface area contributed by atoms with Gasteiger partial charge in [-0.1, -0.05) is 18.2 Å². The number of carbonyl (C=O) groups is 1. The van der Waals surface area contributed by atoms with Gasteiger partial charge < -0.3 is 29.4 Å². The van der Waals surface area contributed by atoms with Gasteiger partial charge in [0.1, 0.15) is 23.1 Å². The van der Waals surface area contributed by atoms with Crippen LogP contribution in [0.2, 0.25) is 0 Å². The highest BCUT2D eigenvalue weighted by atomic mass is 79.9. The minimum absolute atomic E-state index is 0.0481. The summed E-state index contributed by atoms with van der Waals surface area (Å²) >= 11 is 3.35. The van der Waals surface area contributed by atoms with Crippen LogP contribution in [-0.2, 0) is 0 Å². The molecule has 8 nitrogen and oxygen atoms in total. The Kier molecular flexibility index (Phi) is 6.85. The highest BCUT2D eigenvalue weighted by Crippen LogP contribution is 2.47. The fourth-order valence-corrected chi connectivity index (χ4v) is 4.35. The number of hydrogen-bond acceptors (Lipinski definition) is 8. The number of benzene rings is 3. The molecule has 1 heterocycles. The fraction of sp³-hybridized carbons (Fsp3) is 0.154. The highest BCUT2D eigenvalue weighted by molar-refractivity contribution is 9.10. The molecule has 0 saturated heterocycles. The number of nitrogens with two attached hydrogens (primary N) is 1. The molecule has 1 unspecified atom stereocenters. The number of carbonyl (C=O) groups excluding carboxylic acids is 1. The van der Waals surface area contributed by atoms with Crippen LogP contribution in [0, 0.1) is 11.3 Å². The molecule has 0 aromatic heterocycles. The second kappa shape index (κ2) is 9.99. The first kappa shape index (κ1) is 24.0. The van der Waals surface area contributed by atoms with Crippen molar-refractivity contribution >= 4 is 21.9 Å². The van der Waals surface area contributed by atoms with E-state index in [9.17, 15) is 10.1 Å². The van der Waals surface area contributed by atoms with Gasteiger partial charge in [-0.05, 0) is 51.8 Å². The van der Waals surface area contributed by atoms with Crippen molar-refractivity contribution < 1.29 is 28.5 Å². The first-order valence-corrected chi connectivity index (χ1v) is 11.2. The number of allylic oxidation sites excluding steroid dienone is 1. The van der Waals surface area contributed by atoms with Crippen LogP contribution in [0.15, 0.2) is 70.5 Å². The average Bonchev–Trinajstić information content (AvgIpc) is 2.86. The summed E-state index contributed by atoms with van der Waals surface area (Å²) in [5.41, 5.74) is 8.07. The molecule has 4 rings (SSSR count). The van der Waals surface area contributed by atoms with Crippen molar-refractivity contribution in [2.24, 2.45) is 5.73 Å². The molecule has 3 aromatic carbocycles. The molecular formula is C26H21BrN2O6. The molecule has 0 fully saturated rings. The summed E-state index contributed by atoms with van der Waals surface area (Å²) in [6, 6.07) is 17.6. The molecule has 178 valence electrons. The largest absolute Gasteiger partial charge is 0.493 e. The standard InChI is InChI=1S/C26H21BrN2O6/c1-31-21-10-14(11-22(32-2)24(21)33-3)23-17-9-8-15(12-20(17)35-25(29)18(23)13-28)34-26(30)16-6-4-5-7-19(16)27/h4-12,23H,29H2,1-3H3. The van der Waals surface area contributed by atoms with Crippen molar-refractivity contribution in [1.29, 1.82) is 5.26 Å². The lowest BCUT2D eigenvalue weighted by Crippen LogP contribution is -2.21. The van der Waals surface area contributed by atoms with Crippen LogP contribution in [0.4, 0.5) is 0 Å². The van der Waals surface area contributed by atoms with Crippen LogP contribution in [0.3, 0.4) is 0 Å². The van der Waals surface area contributed by atoms with Gasteiger partial charge in [0.15, 0.2) is 11.5 Å². The number of fused-ring (bicyclic) bond motifs is 1. The van der Waals surface area contributed by atoms with Gasteiger partial charge in [-0.15, -0.1) is 0 Å². The van der Waals surface area contributed by atoms with Gasteiger partial charge in [-0.2, -0.15) is 5.26 Å². The SMILES string of the molecule is COc1cc(C2C(C#N)=C(N)Oc3cc(OC(=O)c4ccccc4Br)ccc32)cc(OC)c1OC. The molecule has 0 saturated carbocycles. The third-order valence-corrected chi connectivity index (χ3v) is 6.21. The predicted molar refractivity (Wildman–Crippen MR) is 131 cm³/mol. The third kappa shape index (κ3) is 4.48. The smallest absolute Gasteiger partial charge is 0.344 e. The molecule has 0 amide bonds. The molecule has 1 atom stereocenters. The van der Waals surface area contributed by atoms with Crippen LogP contribution >= 0.6 is 15.9 Å². The van der Waals surface area contributed by atoms with E-state index in [4.69, 9.17) is 29.4 Å². The van der Waals surface area contributed by atoms with Crippen molar-refractivity contribution in [3.63, 3.8) is 0 Å². The third-order valence-electron chi connectivity index (χ3n) is 5.52. The summed E-state index contributed by atoms with van der Waals surface area (Å²) in [7, 11) is 4.54. The summed E-state index contributed by atoms with van der Waals surface area (Å²) in [5, 5.41) is 9.87. The van der Waals surface area contributed by atoms with Crippen LogP contribution in [0.5, 0.6) is 28.7 Å². The van der Waals surface area contributed by atoms with E-state index in [0.717, 1.165) is 0 Å². The Morgan fingerprint density at radius 1 is 1.03 bits per heavy atom. The number of ether oxygens (including phenoxy) is 5. The Balaban J connectivity index is 1.77. The Hall–Kier alpha value is -4.16. The van der Waals surface area contributed by atoms with E-state index in [1.807, 2.05) is 0 Å².